The van der Waals surface area contributed by atoms with Gasteiger partial charge in [-0.05, 0) is 48.6 Å². The predicted octanol–water partition coefficient (Wildman–Crippen LogP) is 3.57. The molecule has 2 aromatic heterocycles. The number of pyridine rings is 1. The van der Waals surface area contributed by atoms with Gasteiger partial charge >= 0.3 is 10.1 Å². The molecule has 1 N–H and O–H groups in total. The number of carbonyl (C=O) groups excluding carboxylic acids is 1. The van der Waals surface area contributed by atoms with Crippen molar-refractivity contribution in [2.75, 3.05) is 6.26 Å². The minimum Gasteiger partial charge on any atom is -0.381 e. The molecule has 0 radical (unpaired) electrons. The van der Waals surface area contributed by atoms with Crippen LogP contribution >= 0.6 is 0 Å². The molecule has 2 atom stereocenters. The molecule has 3 aliphatic rings. The van der Waals surface area contributed by atoms with Crippen LogP contribution in [0.5, 0.6) is 5.75 Å². The van der Waals surface area contributed by atoms with Crippen molar-refractivity contribution in [1.29, 1.82) is 0 Å². The Kier molecular flexibility index (Phi) is 4.88. The van der Waals surface area contributed by atoms with E-state index in [4.69, 9.17) is 4.18 Å². The van der Waals surface area contributed by atoms with Gasteiger partial charge in [-0.2, -0.15) is 8.42 Å². The maximum Gasteiger partial charge on any atom is 0.306 e. The molecule has 3 fully saturated rings. The van der Waals surface area contributed by atoms with E-state index < -0.39 is 10.1 Å². The maximum absolute atomic E-state index is 13.2. The molecule has 2 aliphatic heterocycles. The molecule has 7 nitrogen and oxygen atoms in total. The molecule has 5 rings (SSSR count). The molecule has 1 saturated carbocycles. The zero-order chi connectivity index (χ0) is 21.0. The first-order valence-electron chi connectivity index (χ1n) is 10.3. The lowest BCUT2D eigenvalue weighted by Gasteiger charge is -2.60. The van der Waals surface area contributed by atoms with Gasteiger partial charge in [0.2, 0.25) is 5.91 Å². The van der Waals surface area contributed by atoms with E-state index in [1.165, 1.54) is 6.20 Å². The van der Waals surface area contributed by atoms with Gasteiger partial charge < -0.3 is 14.1 Å². The molecule has 29 heavy (non-hydrogen) atoms. The van der Waals surface area contributed by atoms with Crippen molar-refractivity contribution in [2.24, 2.45) is 5.41 Å². The Bertz CT molecular complexity index is 1040. The third kappa shape index (κ3) is 3.86. The number of H-pyrrole nitrogens is 1. The SMILES string of the molecule is CCC1CC2(C)CC(C2)N1C(=O)CC(C)c1c[nH]c2ncc(OS(C)(=O)=O)cc12. The first-order valence-corrected chi connectivity index (χ1v) is 12.1. The zero-order valence-electron chi connectivity index (χ0n) is 17.4. The van der Waals surface area contributed by atoms with Crippen LogP contribution in [0, 0.1) is 5.41 Å². The van der Waals surface area contributed by atoms with Gasteiger partial charge in [-0.15, -0.1) is 0 Å². The first kappa shape index (κ1) is 20.2. The van der Waals surface area contributed by atoms with Gasteiger partial charge in [0.1, 0.15) is 5.65 Å². The van der Waals surface area contributed by atoms with Crippen LogP contribution in [0.4, 0.5) is 0 Å². The van der Waals surface area contributed by atoms with Gasteiger partial charge in [-0.1, -0.05) is 20.8 Å². The normalized spacial score (nSPS) is 27.5. The zero-order valence-corrected chi connectivity index (χ0v) is 18.3. The number of fused-ring (bicyclic) bond motifs is 3. The third-order valence-electron chi connectivity index (χ3n) is 6.53. The van der Waals surface area contributed by atoms with Gasteiger partial charge in [0.15, 0.2) is 5.75 Å². The summed E-state index contributed by atoms with van der Waals surface area (Å²) < 4.78 is 27.8. The van der Waals surface area contributed by atoms with Crippen LogP contribution in [0.2, 0.25) is 0 Å². The Balaban J connectivity index is 1.53. The average molecular weight is 420 g/mol. The number of nitrogens with zero attached hydrogens (tertiary/aromatic N) is 2. The summed E-state index contributed by atoms with van der Waals surface area (Å²) in [6.07, 6.45) is 9.00. The van der Waals surface area contributed by atoms with Crippen molar-refractivity contribution in [3.05, 3.63) is 24.0 Å². The Labute approximate surface area is 172 Å². The topological polar surface area (TPSA) is 92.4 Å². The van der Waals surface area contributed by atoms with Crippen LogP contribution in [0.25, 0.3) is 11.0 Å². The molecule has 2 unspecified atom stereocenters. The number of nitrogens with one attached hydrogen (secondary N) is 1. The number of hydrogen-bond acceptors (Lipinski definition) is 5. The highest BCUT2D eigenvalue weighted by Gasteiger charge is 2.52. The van der Waals surface area contributed by atoms with Crippen LogP contribution in [0.1, 0.15) is 64.4 Å². The van der Waals surface area contributed by atoms with Crippen molar-refractivity contribution in [1.82, 2.24) is 14.9 Å². The number of amides is 1. The number of aromatic amines is 1. The summed E-state index contributed by atoms with van der Waals surface area (Å²) in [6.45, 7) is 6.53. The highest BCUT2D eigenvalue weighted by Crippen LogP contribution is 2.53. The molecule has 8 heteroatoms. The average Bonchev–Trinajstić information content (AvgIpc) is 3.02. The molecule has 0 spiro atoms. The Hall–Kier alpha value is -2.09. The van der Waals surface area contributed by atoms with Gasteiger partial charge in [-0.3, -0.25) is 4.79 Å². The summed E-state index contributed by atoms with van der Waals surface area (Å²) >= 11 is 0. The van der Waals surface area contributed by atoms with Crippen molar-refractivity contribution >= 4 is 27.1 Å². The molecule has 158 valence electrons. The fourth-order valence-corrected chi connectivity index (χ4v) is 5.71. The fraction of sp³-hybridized carbons (Fsp3) is 0.619. The molecular formula is C21H29N3O4S. The van der Waals surface area contributed by atoms with Crippen molar-refractivity contribution < 1.29 is 17.4 Å². The lowest BCUT2D eigenvalue weighted by atomic mass is 9.59. The first-order chi connectivity index (χ1) is 13.6. The highest BCUT2D eigenvalue weighted by atomic mass is 32.2. The van der Waals surface area contributed by atoms with Crippen LogP contribution in [0.3, 0.4) is 0 Å². The number of carbonyl (C=O) groups is 1. The minimum absolute atomic E-state index is 0.0163. The van der Waals surface area contributed by atoms with Crippen LogP contribution in [0.15, 0.2) is 18.5 Å². The quantitative estimate of drug-likeness (QED) is 0.723. The van der Waals surface area contributed by atoms with Crippen molar-refractivity contribution in [3.8, 4) is 5.75 Å². The summed E-state index contributed by atoms with van der Waals surface area (Å²) in [5.41, 5.74) is 2.02. The molecule has 0 aromatic carbocycles. The van der Waals surface area contributed by atoms with E-state index in [1.54, 1.807) is 6.07 Å². The summed E-state index contributed by atoms with van der Waals surface area (Å²) in [4.78, 5) is 22.7. The summed E-state index contributed by atoms with van der Waals surface area (Å²) in [5, 5.41) is 0.786. The standard InChI is InChI=1S/C21H29N3O4S/c1-5-14-8-21(3)9-15(10-21)24(14)19(25)6-13(2)18-12-23-20-17(18)7-16(11-22-20)28-29(4,26)27/h7,11-15H,5-6,8-10H2,1-4H3,(H,22,23). The van der Waals surface area contributed by atoms with Crippen LogP contribution in [-0.4, -0.2) is 47.5 Å². The lowest BCUT2D eigenvalue weighted by Crippen LogP contribution is -2.62. The Morgan fingerprint density at radius 3 is 2.79 bits per heavy atom. The Morgan fingerprint density at radius 1 is 1.41 bits per heavy atom. The number of hydrogen-bond donors (Lipinski definition) is 1. The van der Waals surface area contributed by atoms with E-state index >= 15 is 0 Å². The molecule has 2 bridgehead atoms. The predicted molar refractivity (Wildman–Crippen MR) is 111 cm³/mol. The third-order valence-corrected chi connectivity index (χ3v) is 7.02. The number of aromatic nitrogens is 2. The highest BCUT2D eigenvalue weighted by molar-refractivity contribution is 7.86. The van der Waals surface area contributed by atoms with E-state index in [-0.39, 0.29) is 17.6 Å². The van der Waals surface area contributed by atoms with E-state index in [0.717, 1.165) is 42.9 Å². The number of piperidine rings is 2. The van der Waals surface area contributed by atoms with Crippen molar-refractivity contribution in [2.45, 2.75) is 70.9 Å². The summed E-state index contributed by atoms with van der Waals surface area (Å²) in [7, 11) is -3.62. The summed E-state index contributed by atoms with van der Waals surface area (Å²) in [6, 6.07) is 2.40. The second-order valence-corrected chi connectivity index (χ2v) is 10.7. The largest absolute Gasteiger partial charge is 0.381 e. The van der Waals surface area contributed by atoms with Crippen LogP contribution < -0.4 is 4.18 Å². The lowest BCUT2D eigenvalue weighted by molar-refractivity contribution is -0.155. The second-order valence-electron chi connectivity index (χ2n) is 9.14. The molecular weight excluding hydrogens is 390 g/mol. The van der Waals surface area contributed by atoms with Gasteiger partial charge in [0.05, 0.1) is 12.5 Å². The minimum atomic E-state index is -3.62. The molecule has 1 amide bonds. The second kappa shape index (κ2) is 7.00. The van der Waals surface area contributed by atoms with Gasteiger partial charge in [0, 0.05) is 30.1 Å². The van der Waals surface area contributed by atoms with Gasteiger partial charge in [-0.25, -0.2) is 4.98 Å². The Morgan fingerprint density at radius 2 is 2.14 bits per heavy atom. The smallest absolute Gasteiger partial charge is 0.306 e. The monoisotopic (exact) mass is 419 g/mol. The molecule has 4 heterocycles. The van der Waals surface area contributed by atoms with Gasteiger partial charge in [0.25, 0.3) is 0 Å². The summed E-state index contributed by atoms with van der Waals surface area (Å²) in [5.74, 6) is 0.370. The van der Waals surface area contributed by atoms with Crippen LogP contribution in [-0.2, 0) is 14.9 Å². The fourth-order valence-electron chi connectivity index (χ4n) is 5.26. The number of rotatable bonds is 6. The molecule has 2 aromatic rings. The van der Waals surface area contributed by atoms with E-state index in [1.807, 2.05) is 13.1 Å². The van der Waals surface area contributed by atoms with E-state index in [2.05, 4.69) is 28.7 Å². The maximum atomic E-state index is 13.2. The van der Waals surface area contributed by atoms with E-state index in [0.29, 0.717) is 29.6 Å². The molecule has 2 saturated heterocycles. The van der Waals surface area contributed by atoms with E-state index in [9.17, 15) is 13.2 Å². The molecule has 1 aliphatic carbocycles. The van der Waals surface area contributed by atoms with Crippen molar-refractivity contribution in [3.63, 3.8) is 0 Å².